The van der Waals surface area contributed by atoms with Crippen LogP contribution in [0.1, 0.15) is 48.5 Å². The van der Waals surface area contributed by atoms with E-state index in [1.807, 2.05) is 38.1 Å². The van der Waals surface area contributed by atoms with Crippen LogP contribution in [0, 0.1) is 0 Å². The number of oxazole rings is 1. The Labute approximate surface area is 187 Å². The normalized spacial score (nSPS) is 11.7. The number of rotatable bonds is 9. The van der Waals surface area contributed by atoms with Gasteiger partial charge in [-0.2, -0.15) is 0 Å². The van der Waals surface area contributed by atoms with E-state index in [9.17, 15) is 9.59 Å². The van der Waals surface area contributed by atoms with Crippen LogP contribution in [0.5, 0.6) is 0 Å². The van der Waals surface area contributed by atoms with Crippen molar-refractivity contribution >= 4 is 23.4 Å². The summed E-state index contributed by atoms with van der Waals surface area (Å²) < 4.78 is 5.73. The summed E-state index contributed by atoms with van der Waals surface area (Å²) in [6.45, 7) is 4.34. The van der Waals surface area contributed by atoms with Crippen LogP contribution in [0.2, 0.25) is 5.02 Å². The molecule has 0 saturated carbocycles. The fourth-order valence-corrected chi connectivity index (χ4v) is 3.04. The number of hydrogen-bond donors (Lipinski definition) is 2. The molecule has 2 amide bonds. The highest BCUT2D eigenvalue weighted by Crippen LogP contribution is 2.22. The van der Waals surface area contributed by atoms with Crippen molar-refractivity contribution in [1.82, 2.24) is 15.6 Å². The first-order valence-corrected chi connectivity index (χ1v) is 10.7. The average Bonchev–Trinajstić information content (AvgIpc) is 3.26. The smallest absolute Gasteiger partial charge is 0.251 e. The van der Waals surface area contributed by atoms with Gasteiger partial charge < -0.3 is 15.1 Å². The van der Waals surface area contributed by atoms with Gasteiger partial charge in [0.1, 0.15) is 0 Å². The van der Waals surface area contributed by atoms with Gasteiger partial charge in [0.05, 0.1) is 6.20 Å². The molecule has 31 heavy (non-hydrogen) atoms. The number of nitrogens with zero attached hydrogens (tertiary/aromatic N) is 1. The number of carbonyl (C=O) groups excluding carboxylic acids is 2. The van der Waals surface area contributed by atoms with E-state index in [4.69, 9.17) is 16.0 Å². The lowest BCUT2D eigenvalue weighted by atomic mass is 10.1. The van der Waals surface area contributed by atoms with Crippen molar-refractivity contribution < 1.29 is 14.0 Å². The van der Waals surface area contributed by atoms with E-state index in [2.05, 4.69) is 15.6 Å². The van der Waals surface area contributed by atoms with Gasteiger partial charge in [-0.15, -0.1) is 0 Å². The zero-order valence-corrected chi connectivity index (χ0v) is 18.4. The minimum atomic E-state index is -0.110. The number of carbonyl (C=O) groups is 2. The van der Waals surface area contributed by atoms with E-state index >= 15 is 0 Å². The molecule has 0 saturated heterocycles. The molecular weight excluding hydrogens is 414 g/mol. The molecule has 1 aromatic heterocycles. The lowest BCUT2D eigenvalue weighted by molar-refractivity contribution is -0.121. The molecule has 1 heterocycles. The Bertz CT molecular complexity index is 1030. The number of nitrogens with one attached hydrogen (secondary N) is 2. The topological polar surface area (TPSA) is 84.2 Å². The summed E-state index contributed by atoms with van der Waals surface area (Å²) in [5.41, 5.74) is 2.33. The number of benzene rings is 2. The number of aryl methyl sites for hydroxylation is 1. The van der Waals surface area contributed by atoms with E-state index < -0.39 is 0 Å². The summed E-state index contributed by atoms with van der Waals surface area (Å²) in [7, 11) is 0. The van der Waals surface area contributed by atoms with Gasteiger partial charge in [-0.1, -0.05) is 30.7 Å². The lowest BCUT2D eigenvalue weighted by Gasteiger charge is -2.12. The maximum atomic E-state index is 12.3. The van der Waals surface area contributed by atoms with Crippen molar-refractivity contribution in [2.75, 3.05) is 0 Å². The number of hydrogen-bond acceptors (Lipinski definition) is 4. The fourth-order valence-electron chi connectivity index (χ4n) is 2.91. The monoisotopic (exact) mass is 439 g/mol. The Morgan fingerprint density at radius 2 is 1.94 bits per heavy atom. The molecule has 2 aromatic carbocycles. The van der Waals surface area contributed by atoms with Crippen molar-refractivity contribution in [2.24, 2.45) is 0 Å². The highest BCUT2D eigenvalue weighted by molar-refractivity contribution is 6.30. The minimum absolute atomic E-state index is 0.108. The van der Waals surface area contributed by atoms with Crippen LogP contribution in [-0.2, 0) is 17.8 Å². The van der Waals surface area contributed by atoms with Gasteiger partial charge in [-0.3, -0.25) is 9.59 Å². The molecular formula is C24H26ClN3O3. The van der Waals surface area contributed by atoms with Crippen LogP contribution in [0.15, 0.2) is 59.1 Å². The molecule has 162 valence electrons. The van der Waals surface area contributed by atoms with Crippen molar-refractivity contribution in [1.29, 1.82) is 0 Å². The first kappa shape index (κ1) is 22.6. The molecule has 0 aliphatic heterocycles. The van der Waals surface area contributed by atoms with Crippen LogP contribution < -0.4 is 10.6 Å². The summed E-state index contributed by atoms with van der Waals surface area (Å²) >= 11 is 5.90. The summed E-state index contributed by atoms with van der Waals surface area (Å²) in [5.74, 6) is 0.923. The molecule has 0 aliphatic rings. The van der Waals surface area contributed by atoms with Crippen LogP contribution >= 0.6 is 11.6 Å². The standard InChI is InChI=1S/C24H26ClN3O3/c1-3-16(2)28-24(30)19-6-4-5-17(13-19)14-26-22(29)11-12-23-27-15-21(31-23)18-7-9-20(25)10-8-18/h4-10,13,15-16H,3,11-12,14H2,1-2H3,(H,26,29)(H,28,30). The van der Waals surface area contributed by atoms with E-state index in [-0.39, 0.29) is 24.3 Å². The molecule has 2 N–H and O–H groups in total. The lowest BCUT2D eigenvalue weighted by Crippen LogP contribution is -2.32. The first-order valence-electron chi connectivity index (χ1n) is 10.3. The Morgan fingerprint density at radius 1 is 1.16 bits per heavy atom. The van der Waals surface area contributed by atoms with E-state index in [1.165, 1.54) is 0 Å². The molecule has 7 heteroatoms. The van der Waals surface area contributed by atoms with Crippen molar-refractivity contribution in [3.05, 3.63) is 76.8 Å². The van der Waals surface area contributed by atoms with Crippen LogP contribution in [0.25, 0.3) is 11.3 Å². The van der Waals surface area contributed by atoms with Crippen LogP contribution in [-0.4, -0.2) is 22.8 Å². The summed E-state index contributed by atoms with van der Waals surface area (Å²) in [6, 6.07) is 14.7. The minimum Gasteiger partial charge on any atom is -0.441 e. The van der Waals surface area contributed by atoms with Crippen LogP contribution in [0.4, 0.5) is 0 Å². The number of halogens is 1. The number of aromatic nitrogens is 1. The van der Waals surface area contributed by atoms with Gasteiger partial charge in [0.15, 0.2) is 11.7 Å². The molecule has 1 unspecified atom stereocenters. The molecule has 0 aliphatic carbocycles. The third-order valence-corrected chi connectivity index (χ3v) is 5.17. The Kier molecular flexibility index (Phi) is 7.84. The van der Waals surface area contributed by atoms with Gasteiger partial charge in [-0.25, -0.2) is 4.98 Å². The molecule has 0 spiro atoms. The Morgan fingerprint density at radius 3 is 2.68 bits per heavy atom. The first-order chi connectivity index (χ1) is 14.9. The van der Waals surface area contributed by atoms with E-state index in [1.54, 1.807) is 30.5 Å². The van der Waals surface area contributed by atoms with Gasteiger partial charge >= 0.3 is 0 Å². The van der Waals surface area contributed by atoms with E-state index in [0.29, 0.717) is 35.2 Å². The molecule has 0 fully saturated rings. The predicted octanol–water partition coefficient (Wildman–Crippen LogP) is 4.77. The second-order valence-corrected chi connectivity index (χ2v) is 7.82. The molecule has 3 aromatic rings. The largest absolute Gasteiger partial charge is 0.441 e. The van der Waals surface area contributed by atoms with E-state index in [0.717, 1.165) is 17.5 Å². The maximum absolute atomic E-state index is 12.3. The zero-order chi connectivity index (χ0) is 22.2. The predicted molar refractivity (Wildman–Crippen MR) is 121 cm³/mol. The Hall–Kier alpha value is -3.12. The van der Waals surface area contributed by atoms with Gasteiger partial charge in [-0.05, 0) is 55.3 Å². The molecule has 0 bridgehead atoms. The Balaban J connectivity index is 1.48. The maximum Gasteiger partial charge on any atom is 0.251 e. The van der Waals surface area contributed by atoms with Crippen molar-refractivity contribution in [3.63, 3.8) is 0 Å². The van der Waals surface area contributed by atoms with Crippen molar-refractivity contribution in [3.8, 4) is 11.3 Å². The summed E-state index contributed by atoms with van der Waals surface area (Å²) in [4.78, 5) is 28.7. The van der Waals surface area contributed by atoms with Crippen molar-refractivity contribution in [2.45, 2.75) is 45.7 Å². The third kappa shape index (κ3) is 6.69. The summed E-state index contributed by atoms with van der Waals surface area (Å²) in [6.07, 6.45) is 3.17. The quantitative estimate of drug-likeness (QED) is 0.502. The number of amides is 2. The average molecular weight is 440 g/mol. The fraction of sp³-hybridized carbons (Fsp3) is 0.292. The highest BCUT2D eigenvalue weighted by Gasteiger charge is 2.11. The SMILES string of the molecule is CCC(C)NC(=O)c1cccc(CNC(=O)CCc2ncc(-c3ccc(Cl)cc3)o2)c1. The van der Waals surface area contributed by atoms with Gasteiger partial charge in [0, 0.05) is 41.6 Å². The summed E-state index contributed by atoms with van der Waals surface area (Å²) in [5, 5.41) is 6.47. The van der Waals surface area contributed by atoms with Gasteiger partial charge in [0.2, 0.25) is 5.91 Å². The molecule has 6 nitrogen and oxygen atoms in total. The molecule has 0 radical (unpaired) electrons. The van der Waals surface area contributed by atoms with Crippen LogP contribution in [0.3, 0.4) is 0 Å². The highest BCUT2D eigenvalue weighted by atomic mass is 35.5. The zero-order valence-electron chi connectivity index (χ0n) is 17.7. The molecule has 3 rings (SSSR count). The van der Waals surface area contributed by atoms with Gasteiger partial charge in [0.25, 0.3) is 5.91 Å². The second-order valence-electron chi connectivity index (χ2n) is 7.39. The third-order valence-electron chi connectivity index (χ3n) is 4.92. The molecule has 1 atom stereocenters. The second kappa shape index (κ2) is 10.8.